The van der Waals surface area contributed by atoms with Crippen molar-refractivity contribution in [3.05, 3.63) is 53.3 Å². The maximum atomic E-state index is 14.2. The van der Waals surface area contributed by atoms with Crippen molar-refractivity contribution in [2.24, 2.45) is 0 Å². The van der Waals surface area contributed by atoms with Gasteiger partial charge in [0.15, 0.2) is 11.6 Å². The molecule has 1 aliphatic heterocycles. The summed E-state index contributed by atoms with van der Waals surface area (Å²) in [6.07, 6.45) is 0.781. The van der Waals surface area contributed by atoms with Crippen LogP contribution in [0, 0.1) is 12.7 Å². The van der Waals surface area contributed by atoms with E-state index in [1.807, 2.05) is 38.2 Å². The summed E-state index contributed by atoms with van der Waals surface area (Å²) in [5.41, 5.74) is 4.11. The maximum Gasteiger partial charge on any atom is 0.165 e. The van der Waals surface area contributed by atoms with Gasteiger partial charge >= 0.3 is 0 Å². The number of halogens is 1. The van der Waals surface area contributed by atoms with E-state index in [-0.39, 0.29) is 11.9 Å². The predicted octanol–water partition coefficient (Wildman–Crippen LogP) is 3.32. The van der Waals surface area contributed by atoms with E-state index >= 15 is 0 Å². The molecule has 0 aliphatic carbocycles. The van der Waals surface area contributed by atoms with Gasteiger partial charge in [-0.15, -0.1) is 0 Å². The summed E-state index contributed by atoms with van der Waals surface area (Å²) < 4.78 is 19.9. The van der Waals surface area contributed by atoms with Crippen molar-refractivity contribution in [2.45, 2.75) is 19.4 Å². The number of aryl methyl sites for hydroxylation is 1. The Bertz CT molecular complexity index is 639. The Labute approximate surface area is 118 Å². The van der Waals surface area contributed by atoms with Crippen LogP contribution in [0.25, 0.3) is 11.1 Å². The molecule has 0 radical (unpaired) electrons. The van der Waals surface area contributed by atoms with Crippen LogP contribution < -0.4 is 10.1 Å². The molecule has 2 nitrogen and oxygen atoms in total. The van der Waals surface area contributed by atoms with Gasteiger partial charge in [0.1, 0.15) is 6.10 Å². The lowest BCUT2D eigenvalue weighted by Gasteiger charge is -2.10. The van der Waals surface area contributed by atoms with Crippen molar-refractivity contribution >= 4 is 0 Å². The quantitative estimate of drug-likeness (QED) is 0.924. The maximum absolute atomic E-state index is 14.2. The van der Waals surface area contributed by atoms with Gasteiger partial charge in [-0.25, -0.2) is 4.39 Å². The standard InChI is InChI=1S/C17H18FNO/c1-11-5-3-4-6-15(11)12-7-13-8-14(10-19-2)20-17(13)16(18)9-12/h3-7,9,14,19H,8,10H2,1-2H3. The van der Waals surface area contributed by atoms with Crippen LogP contribution in [0.2, 0.25) is 0 Å². The molecule has 0 saturated carbocycles. The van der Waals surface area contributed by atoms with Crippen LogP contribution in [0.4, 0.5) is 4.39 Å². The molecular weight excluding hydrogens is 253 g/mol. The molecule has 0 bridgehead atoms. The number of hydrogen-bond donors (Lipinski definition) is 1. The molecule has 1 atom stereocenters. The van der Waals surface area contributed by atoms with Crippen LogP contribution in [0.1, 0.15) is 11.1 Å². The van der Waals surface area contributed by atoms with Gasteiger partial charge in [-0.1, -0.05) is 24.3 Å². The zero-order valence-corrected chi connectivity index (χ0v) is 11.7. The Kier molecular flexibility index (Phi) is 3.45. The lowest BCUT2D eigenvalue weighted by atomic mass is 9.97. The van der Waals surface area contributed by atoms with Crippen LogP contribution in [0.5, 0.6) is 5.75 Å². The minimum atomic E-state index is -0.264. The number of benzene rings is 2. The first kappa shape index (κ1) is 13.1. The molecule has 1 heterocycles. The highest BCUT2D eigenvalue weighted by atomic mass is 19.1. The Morgan fingerprint density at radius 1 is 1.30 bits per heavy atom. The lowest BCUT2D eigenvalue weighted by molar-refractivity contribution is 0.223. The van der Waals surface area contributed by atoms with Gasteiger partial charge < -0.3 is 10.1 Å². The molecule has 20 heavy (non-hydrogen) atoms. The van der Waals surface area contributed by atoms with Crippen LogP contribution in [-0.4, -0.2) is 19.7 Å². The summed E-state index contributed by atoms with van der Waals surface area (Å²) in [5, 5.41) is 3.07. The fourth-order valence-corrected chi connectivity index (χ4v) is 2.78. The summed E-state index contributed by atoms with van der Waals surface area (Å²) in [6, 6.07) is 11.7. The number of fused-ring (bicyclic) bond motifs is 1. The van der Waals surface area contributed by atoms with E-state index in [9.17, 15) is 4.39 Å². The average molecular weight is 271 g/mol. The third-order valence-corrected chi connectivity index (χ3v) is 3.74. The highest BCUT2D eigenvalue weighted by Gasteiger charge is 2.26. The zero-order chi connectivity index (χ0) is 14.1. The van der Waals surface area contributed by atoms with Crippen molar-refractivity contribution in [3.63, 3.8) is 0 Å². The number of likely N-dealkylation sites (N-methyl/N-ethyl adjacent to an activating group) is 1. The molecule has 3 heteroatoms. The molecule has 2 aromatic carbocycles. The first-order valence-electron chi connectivity index (χ1n) is 6.88. The van der Waals surface area contributed by atoms with E-state index in [1.54, 1.807) is 6.07 Å². The Morgan fingerprint density at radius 2 is 2.10 bits per heavy atom. The predicted molar refractivity (Wildman–Crippen MR) is 78.6 cm³/mol. The summed E-state index contributed by atoms with van der Waals surface area (Å²) in [5.74, 6) is 0.155. The minimum absolute atomic E-state index is 0.0246. The third-order valence-electron chi connectivity index (χ3n) is 3.74. The van der Waals surface area contributed by atoms with E-state index in [0.717, 1.165) is 35.2 Å². The van der Waals surface area contributed by atoms with E-state index in [1.165, 1.54) is 0 Å². The highest BCUT2D eigenvalue weighted by molar-refractivity contribution is 5.69. The molecule has 1 unspecified atom stereocenters. The normalized spacial score (nSPS) is 16.9. The van der Waals surface area contributed by atoms with Gasteiger partial charge in [-0.05, 0) is 42.8 Å². The van der Waals surface area contributed by atoms with Crippen LogP contribution in [0.3, 0.4) is 0 Å². The number of rotatable bonds is 3. The Balaban J connectivity index is 2.00. The number of hydrogen-bond acceptors (Lipinski definition) is 2. The smallest absolute Gasteiger partial charge is 0.165 e. The molecule has 0 amide bonds. The monoisotopic (exact) mass is 271 g/mol. The van der Waals surface area contributed by atoms with Crippen molar-refractivity contribution in [3.8, 4) is 16.9 Å². The second kappa shape index (κ2) is 5.25. The molecule has 3 rings (SSSR count). The van der Waals surface area contributed by atoms with Crippen molar-refractivity contribution in [1.82, 2.24) is 5.32 Å². The molecule has 1 N–H and O–H groups in total. The SMILES string of the molecule is CNCC1Cc2cc(-c3ccccc3C)cc(F)c2O1. The van der Waals surface area contributed by atoms with Crippen molar-refractivity contribution in [2.75, 3.05) is 13.6 Å². The molecule has 104 valence electrons. The molecule has 2 aromatic rings. The first-order valence-corrected chi connectivity index (χ1v) is 6.88. The van der Waals surface area contributed by atoms with E-state index in [0.29, 0.717) is 5.75 Å². The van der Waals surface area contributed by atoms with Gasteiger partial charge in [-0.2, -0.15) is 0 Å². The summed E-state index contributed by atoms with van der Waals surface area (Å²) >= 11 is 0. The number of ether oxygens (including phenoxy) is 1. The van der Waals surface area contributed by atoms with E-state index in [2.05, 4.69) is 11.4 Å². The van der Waals surface area contributed by atoms with Crippen LogP contribution >= 0.6 is 0 Å². The number of nitrogens with one attached hydrogen (secondary N) is 1. The topological polar surface area (TPSA) is 21.3 Å². The minimum Gasteiger partial charge on any atom is -0.485 e. The fraction of sp³-hybridized carbons (Fsp3) is 0.294. The molecule has 0 fully saturated rings. The largest absolute Gasteiger partial charge is 0.485 e. The average Bonchev–Trinajstić information content (AvgIpc) is 2.83. The lowest BCUT2D eigenvalue weighted by Crippen LogP contribution is -2.27. The van der Waals surface area contributed by atoms with Gasteiger partial charge in [-0.3, -0.25) is 0 Å². The highest BCUT2D eigenvalue weighted by Crippen LogP contribution is 2.36. The van der Waals surface area contributed by atoms with Crippen molar-refractivity contribution in [1.29, 1.82) is 0 Å². The van der Waals surface area contributed by atoms with E-state index < -0.39 is 0 Å². The zero-order valence-electron chi connectivity index (χ0n) is 11.7. The first-order chi connectivity index (χ1) is 9.69. The second-order valence-corrected chi connectivity index (χ2v) is 5.26. The van der Waals surface area contributed by atoms with Gasteiger partial charge in [0.25, 0.3) is 0 Å². The van der Waals surface area contributed by atoms with Gasteiger partial charge in [0.2, 0.25) is 0 Å². The van der Waals surface area contributed by atoms with Gasteiger partial charge in [0, 0.05) is 18.5 Å². The van der Waals surface area contributed by atoms with E-state index in [4.69, 9.17) is 4.74 Å². The molecule has 1 aliphatic rings. The molecule has 0 spiro atoms. The molecule has 0 saturated heterocycles. The molecule has 0 aromatic heterocycles. The van der Waals surface area contributed by atoms with Crippen LogP contribution in [-0.2, 0) is 6.42 Å². The molecular formula is C17H18FNO. The van der Waals surface area contributed by atoms with Gasteiger partial charge in [0.05, 0.1) is 0 Å². The third kappa shape index (κ3) is 2.29. The summed E-state index contributed by atoms with van der Waals surface area (Å²) in [4.78, 5) is 0. The Hall–Kier alpha value is -1.87. The Morgan fingerprint density at radius 3 is 2.85 bits per heavy atom. The van der Waals surface area contributed by atoms with Crippen LogP contribution in [0.15, 0.2) is 36.4 Å². The second-order valence-electron chi connectivity index (χ2n) is 5.26. The summed E-state index contributed by atoms with van der Waals surface area (Å²) in [7, 11) is 1.88. The fourth-order valence-electron chi connectivity index (χ4n) is 2.78. The summed E-state index contributed by atoms with van der Waals surface area (Å²) in [6.45, 7) is 2.77. The van der Waals surface area contributed by atoms with Crippen molar-refractivity contribution < 1.29 is 9.13 Å².